The van der Waals surface area contributed by atoms with Gasteiger partial charge in [0.25, 0.3) is 11.8 Å². The van der Waals surface area contributed by atoms with Crippen LogP contribution in [-0.2, 0) is 6.54 Å². The molecule has 0 fully saturated rings. The third-order valence-electron chi connectivity index (χ3n) is 4.98. The predicted molar refractivity (Wildman–Crippen MR) is 113 cm³/mol. The molecule has 4 rings (SSSR count). The Morgan fingerprint density at radius 3 is 2.29 bits per heavy atom. The van der Waals surface area contributed by atoms with Crippen molar-refractivity contribution in [1.29, 1.82) is 0 Å². The number of rotatable bonds is 6. The fourth-order valence-electron chi connectivity index (χ4n) is 3.50. The van der Waals surface area contributed by atoms with Gasteiger partial charge in [0.05, 0.1) is 18.2 Å². The Morgan fingerprint density at radius 2 is 1.71 bits per heavy atom. The lowest BCUT2D eigenvalue weighted by molar-refractivity contribution is 0.0706. The van der Waals surface area contributed by atoms with Crippen LogP contribution in [0.25, 0.3) is 22.4 Å². The van der Waals surface area contributed by atoms with Crippen LogP contribution >= 0.6 is 0 Å². The number of aromatic hydroxyl groups is 1. The highest BCUT2D eigenvalue weighted by Gasteiger charge is 2.22. The van der Waals surface area contributed by atoms with Crippen LogP contribution in [0.3, 0.4) is 0 Å². The zero-order valence-electron chi connectivity index (χ0n) is 16.3. The molecule has 0 aliphatic heterocycles. The lowest BCUT2D eigenvalue weighted by Gasteiger charge is -2.13. The molecular formula is C23H19N3O5. The second-order valence-electron chi connectivity index (χ2n) is 6.94. The quantitative estimate of drug-likeness (QED) is 0.282. The standard InChI is InChI=1S/C23H19N3O5/c24-22(28)21-19(15-5-7-18(27)8-6-15)11-20(17-9-10-31-13-17)26(21)12-14-1-3-16(4-2-14)23(29)25-30/h1-11,13,27,30H,12H2,(H2,24,28)(H,25,29). The number of hydrogen-bond acceptors (Lipinski definition) is 5. The van der Waals surface area contributed by atoms with Crippen LogP contribution in [0.4, 0.5) is 0 Å². The highest BCUT2D eigenvalue weighted by Crippen LogP contribution is 2.34. The van der Waals surface area contributed by atoms with E-state index in [9.17, 15) is 14.7 Å². The van der Waals surface area contributed by atoms with Crippen molar-refractivity contribution in [3.8, 4) is 28.1 Å². The number of amides is 2. The van der Waals surface area contributed by atoms with E-state index >= 15 is 0 Å². The molecule has 8 heteroatoms. The monoisotopic (exact) mass is 417 g/mol. The first kappa shape index (κ1) is 20.0. The molecular weight excluding hydrogens is 398 g/mol. The number of aromatic nitrogens is 1. The molecule has 0 unspecified atom stereocenters. The molecule has 156 valence electrons. The van der Waals surface area contributed by atoms with Crippen LogP contribution in [0.5, 0.6) is 5.75 Å². The number of nitrogens with two attached hydrogens (primary N) is 1. The van der Waals surface area contributed by atoms with Gasteiger partial charge in [0.15, 0.2) is 0 Å². The minimum atomic E-state index is -0.612. The number of hydrogen-bond donors (Lipinski definition) is 4. The highest BCUT2D eigenvalue weighted by molar-refractivity contribution is 6.00. The summed E-state index contributed by atoms with van der Waals surface area (Å²) >= 11 is 0. The first-order chi connectivity index (χ1) is 15.0. The Morgan fingerprint density at radius 1 is 1.00 bits per heavy atom. The third kappa shape index (κ3) is 3.92. The molecule has 5 N–H and O–H groups in total. The summed E-state index contributed by atoms with van der Waals surface area (Å²) in [4.78, 5) is 24.1. The average molecular weight is 417 g/mol. The maximum absolute atomic E-state index is 12.5. The minimum absolute atomic E-state index is 0.117. The normalized spacial score (nSPS) is 10.7. The van der Waals surface area contributed by atoms with Gasteiger partial charge < -0.3 is 19.8 Å². The molecule has 0 bridgehead atoms. The van der Waals surface area contributed by atoms with Crippen LogP contribution in [-0.4, -0.2) is 26.7 Å². The number of benzene rings is 2. The lowest BCUT2D eigenvalue weighted by Crippen LogP contribution is -2.19. The van der Waals surface area contributed by atoms with Crippen LogP contribution in [0, 0.1) is 0 Å². The summed E-state index contributed by atoms with van der Waals surface area (Å²) in [6.45, 7) is 0.303. The molecule has 4 aromatic rings. The molecule has 0 radical (unpaired) electrons. The molecule has 0 aliphatic rings. The SMILES string of the molecule is NC(=O)c1c(-c2ccc(O)cc2)cc(-c2ccoc2)n1Cc1ccc(C(=O)NO)cc1. The fourth-order valence-corrected chi connectivity index (χ4v) is 3.50. The molecule has 31 heavy (non-hydrogen) atoms. The highest BCUT2D eigenvalue weighted by atomic mass is 16.5. The van der Waals surface area contributed by atoms with E-state index < -0.39 is 11.8 Å². The maximum atomic E-state index is 12.5. The number of furan rings is 1. The summed E-state index contributed by atoms with van der Waals surface area (Å²) in [5, 5.41) is 18.4. The molecule has 0 atom stereocenters. The Hall–Kier alpha value is -4.30. The van der Waals surface area contributed by atoms with Gasteiger partial charge in [0, 0.05) is 23.2 Å². The van der Waals surface area contributed by atoms with Crippen molar-refractivity contribution in [3.63, 3.8) is 0 Å². The number of primary amides is 1. The average Bonchev–Trinajstić information content (AvgIpc) is 3.42. The number of hydroxylamine groups is 1. The molecule has 2 amide bonds. The summed E-state index contributed by atoms with van der Waals surface area (Å²) in [5.41, 5.74) is 11.6. The van der Waals surface area contributed by atoms with Gasteiger partial charge in [-0.25, -0.2) is 5.48 Å². The van der Waals surface area contributed by atoms with Crippen molar-refractivity contribution >= 4 is 11.8 Å². The van der Waals surface area contributed by atoms with Crippen LogP contribution in [0.1, 0.15) is 26.4 Å². The van der Waals surface area contributed by atoms with E-state index in [0.717, 1.165) is 22.4 Å². The number of carbonyl (C=O) groups is 2. The van der Waals surface area contributed by atoms with Gasteiger partial charge in [-0.3, -0.25) is 14.8 Å². The predicted octanol–water partition coefficient (Wildman–Crippen LogP) is 3.39. The van der Waals surface area contributed by atoms with E-state index in [1.165, 1.54) is 0 Å². The molecule has 0 saturated carbocycles. The Labute approximate surface area is 177 Å². The van der Waals surface area contributed by atoms with E-state index in [2.05, 4.69) is 0 Å². The van der Waals surface area contributed by atoms with Crippen molar-refractivity contribution in [2.45, 2.75) is 6.54 Å². The van der Waals surface area contributed by atoms with E-state index in [-0.39, 0.29) is 5.75 Å². The van der Waals surface area contributed by atoms with E-state index in [4.69, 9.17) is 15.4 Å². The van der Waals surface area contributed by atoms with Crippen LogP contribution in [0.2, 0.25) is 0 Å². The molecule has 2 aromatic carbocycles. The van der Waals surface area contributed by atoms with Gasteiger partial charge in [-0.2, -0.15) is 0 Å². The first-order valence-electron chi connectivity index (χ1n) is 9.36. The van der Waals surface area contributed by atoms with Gasteiger partial charge in [-0.1, -0.05) is 24.3 Å². The van der Waals surface area contributed by atoms with Crippen molar-refractivity contribution in [3.05, 3.63) is 90.0 Å². The molecule has 0 spiro atoms. The molecule has 2 heterocycles. The summed E-state index contributed by atoms with van der Waals surface area (Å²) in [6, 6.07) is 16.8. The Bertz CT molecular complexity index is 1220. The number of nitrogens with one attached hydrogen (secondary N) is 1. The summed E-state index contributed by atoms with van der Waals surface area (Å²) < 4.78 is 7.02. The van der Waals surface area contributed by atoms with Crippen LogP contribution < -0.4 is 11.2 Å². The zero-order chi connectivity index (χ0) is 22.0. The second-order valence-corrected chi connectivity index (χ2v) is 6.94. The smallest absolute Gasteiger partial charge is 0.274 e. The largest absolute Gasteiger partial charge is 0.508 e. The number of carbonyl (C=O) groups excluding carboxylic acids is 2. The molecule has 8 nitrogen and oxygen atoms in total. The van der Waals surface area contributed by atoms with Crippen molar-refractivity contribution < 1.29 is 24.3 Å². The maximum Gasteiger partial charge on any atom is 0.274 e. The second kappa shape index (κ2) is 8.21. The van der Waals surface area contributed by atoms with Crippen LogP contribution in [0.15, 0.2) is 77.6 Å². The van der Waals surface area contributed by atoms with Crippen molar-refractivity contribution in [2.75, 3.05) is 0 Å². The van der Waals surface area contributed by atoms with Gasteiger partial charge >= 0.3 is 0 Å². The lowest BCUT2D eigenvalue weighted by atomic mass is 10.0. The Balaban J connectivity index is 1.84. The van der Waals surface area contributed by atoms with Crippen molar-refractivity contribution in [2.24, 2.45) is 5.73 Å². The Kier molecular flexibility index (Phi) is 5.30. The zero-order valence-corrected chi connectivity index (χ0v) is 16.3. The summed E-state index contributed by atoms with van der Waals surface area (Å²) in [6.07, 6.45) is 3.12. The summed E-state index contributed by atoms with van der Waals surface area (Å²) in [5.74, 6) is -1.10. The topological polar surface area (TPSA) is 131 Å². The molecule has 0 saturated heterocycles. The van der Waals surface area contributed by atoms with E-state index in [1.54, 1.807) is 77.2 Å². The minimum Gasteiger partial charge on any atom is -0.508 e. The summed E-state index contributed by atoms with van der Waals surface area (Å²) in [7, 11) is 0. The van der Waals surface area contributed by atoms with Gasteiger partial charge in [-0.15, -0.1) is 0 Å². The first-order valence-corrected chi connectivity index (χ1v) is 9.36. The molecule has 0 aliphatic carbocycles. The number of phenols is 1. The molecule has 2 aromatic heterocycles. The van der Waals surface area contributed by atoms with Crippen molar-refractivity contribution in [1.82, 2.24) is 10.0 Å². The van der Waals surface area contributed by atoms with Gasteiger partial charge in [0.2, 0.25) is 0 Å². The fraction of sp³-hybridized carbons (Fsp3) is 0.0435. The van der Waals surface area contributed by atoms with Gasteiger partial charge in [-0.05, 0) is 47.5 Å². The van der Waals surface area contributed by atoms with E-state index in [0.29, 0.717) is 23.4 Å². The van der Waals surface area contributed by atoms with Gasteiger partial charge in [0.1, 0.15) is 11.4 Å². The van der Waals surface area contributed by atoms with E-state index in [1.807, 2.05) is 6.07 Å². The third-order valence-corrected chi connectivity index (χ3v) is 4.98. The number of phenolic OH excluding ortho intramolecular Hbond substituents is 1. The number of nitrogens with zero attached hydrogens (tertiary/aromatic N) is 1.